The fourth-order valence-electron chi connectivity index (χ4n) is 1.61. The Balaban J connectivity index is 2.48. The first-order valence-corrected chi connectivity index (χ1v) is 5.24. The van der Waals surface area contributed by atoms with Gasteiger partial charge >= 0.3 is 0 Å². The summed E-state index contributed by atoms with van der Waals surface area (Å²) in [7, 11) is 1.76. The van der Waals surface area contributed by atoms with E-state index >= 15 is 0 Å². The van der Waals surface area contributed by atoms with Gasteiger partial charge in [0.1, 0.15) is 11.5 Å². The average molecular weight is 245 g/mol. The van der Waals surface area contributed by atoms with Crippen LogP contribution in [0.15, 0.2) is 12.1 Å². The second-order valence-corrected chi connectivity index (χ2v) is 4.26. The first-order chi connectivity index (χ1) is 7.50. The molecule has 0 aromatic heterocycles. The van der Waals surface area contributed by atoms with E-state index in [-0.39, 0.29) is 10.7 Å². The number of anilines is 1. The first kappa shape index (κ1) is 11.1. The van der Waals surface area contributed by atoms with Gasteiger partial charge in [0, 0.05) is 13.1 Å². The zero-order chi connectivity index (χ0) is 11.9. The summed E-state index contributed by atoms with van der Waals surface area (Å²) in [6.07, 6.45) is 2.01. The number of halogens is 2. The topological polar surface area (TPSA) is 46.4 Å². The maximum atomic E-state index is 13.1. The van der Waals surface area contributed by atoms with Gasteiger partial charge < -0.3 is 4.90 Å². The number of hydrogen-bond donors (Lipinski definition) is 0. The molecule has 0 atom stereocenters. The Bertz CT molecular complexity index is 449. The van der Waals surface area contributed by atoms with Gasteiger partial charge in [-0.25, -0.2) is 4.39 Å². The smallest absolute Gasteiger partial charge is 0.295 e. The zero-order valence-electron chi connectivity index (χ0n) is 8.61. The number of hydrogen-bond acceptors (Lipinski definition) is 3. The molecule has 86 valence electrons. The highest BCUT2D eigenvalue weighted by molar-refractivity contribution is 6.31. The van der Waals surface area contributed by atoms with Crippen LogP contribution in [0, 0.1) is 15.9 Å². The van der Waals surface area contributed by atoms with Gasteiger partial charge in [0.15, 0.2) is 0 Å². The summed E-state index contributed by atoms with van der Waals surface area (Å²) >= 11 is 5.64. The Hall–Kier alpha value is -1.36. The molecule has 0 heterocycles. The van der Waals surface area contributed by atoms with Crippen molar-refractivity contribution in [2.24, 2.45) is 0 Å². The van der Waals surface area contributed by atoms with Gasteiger partial charge in [-0.3, -0.25) is 10.1 Å². The minimum absolute atomic E-state index is 0.0897. The molecule has 0 N–H and O–H groups in total. The summed E-state index contributed by atoms with van der Waals surface area (Å²) in [4.78, 5) is 12.0. The van der Waals surface area contributed by atoms with E-state index in [0.29, 0.717) is 11.7 Å². The molecule has 1 fully saturated rings. The lowest BCUT2D eigenvalue weighted by atomic mass is 10.2. The largest absolute Gasteiger partial charge is 0.366 e. The van der Waals surface area contributed by atoms with Crippen LogP contribution in [0.1, 0.15) is 12.8 Å². The summed E-state index contributed by atoms with van der Waals surface area (Å²) < 4.78 is 13.1. The standard InChI is InChI=1S/C10H10ClFN2O2/c1-13(6-2-3-6)9-4-7(11)8(12)5-10(9)14(15)16/h4-6H,2-3H2,1H3. The molecule has 1 aromatic carbocycles. The normalized spacial score (nSPS) is 14.9. The third-order valence-corrected chi connectivity index (χ3v) is 2.98. The van der Waals surface area contributed by atoms with Gasteiger partial charge in [0.25, 0.3) is 5.69 Å². The molecule has 0 spiro atoms. The van der Waals surface area contributed by atoms with Crippen LogP contribution in [0.25, 0.3) is 0 Å². The van der Waals surface area contributed by atoms with E-state index in [9.17, 15) is 14.5 Å². The number of benzene rings is 1. The fraction of sp³-hybridized carbons (Fsp3) is 0.400. The maximum absolute atomic E-state index is 13.1. The van der Waals surface area contributed by atoms with Crippen LogP contribution in [0.2, 0.25) is 5.02 Å². The molecule has 1 aliphatic carbocycles. The van der Waals surface area contributed by atoms with Crippen LogP contribution in [0.4, 0.5) is 15.8 Å². The molecule has 0 unspecified atom stereocenters. The molecule has 1 saturated carbocycles. The van der Waals surface area contributed by atoms with Crippen LogP contribution >= 0.6 is 11.6 Å². The van der Waals surface area contributed by atoms with Gasteiger partial charge in [0.05, 0.1) is 16.0 Å². The molecule has 6 heteroatoms. The summed E-state index contributed by atoms with van der Waals surface area (Å²) in [6.45, 7) is 0. The average Bonchev–Trinajstić information content (AvgIpc) is 3.03. The van der Waals surface area contributed by atoms with Crippen molar-refractivity contribution >= 4 is 23.0 Å². The first-order valence-electron chi connectivity index (χ1n) is 4.87. The molecule has 0 radical (unpaired) electrons. The van der Waals surface area contributed by atoms with Gasteiger partial charge in [0.2, 0.25) is 0 Å². The predicted octanol–water partition coefficient (Wildman–Crippen LogP) is 2.99. The van der Waals surface area contributed by atoms with Gasteiger partial charge in [-0.1, -0.05) is 11.6 Å². The van der Waals surface area contributed by atoms with E-state index in [2.05, 4.69) is 0 Å². The van der Waals surface area contributed by atoms with E-state index in [0.717, 1.165) is 18.9 Å². The van der Waals surface area contributed by atoms with E-state index in [4.69, 9.17) is 11.6 Å². The Labute approximate surface area is 96.8 Å². The van der Waals surface area contributed by atoms with Crippen molar-refractivity contribution in [3.05, 3.63) is 33.1 Å². The summed E-state index contributed by atoms with van der Waals surface area (Å²) in [5.74, 6) is -0.763. The molecule has 0 aliphatic heterocycles. The monoisotopic (exact) mass is 244 g/mol. The van der Waals surface area contributed by atoms with Crippen LogP contribution in [-0.4, -0.2) is 18.0 Å². The molecular formula is C10H10ClFN2O2. The van der Waals surface area contributed by atoms with Crippen molar-refractivity contribution in [3.8, 4) is 0 Å². The van der Waals surface area contributed by atoms with Crippen molar-refractivity contribution in [2.45, 2.75) is 18.9 Å². The Kier molecular flexibility index (Phi) is 2.71. The van der Waals surface area contributed by atoms with Crippen molar-refractivity contribution in [1.29, 1.82) is 0 Å². The van der Waals surface area contributed by atoms with Gasteiger partial charge in [-0.05, 0) is 18.9 Å². The Morgan fingerprint density at radius 1 is 1.56 bits per heavy atom. The van der Waals surface area contributed by atoms with E-state index in [1.165, 1.54) is 6.07 Å². The highest BCUT2D eigenvalue weighted by Gasteiger charge is 2.31. The highest BCUT2D eigenvalue weighted by atomic mass is 35.5. The third-order valence-electron chi connectivity index (χ3n) is 2.69. The Morgan fingerprint density at radius 3 is 2.69 bits per heavy atom. The number of nitro benzene ring substituents is 1. The molecule has 16 heavy (non-hydrogen) atoms. The second-order valence-electron chi connectivity index (χ2n) is 3.85. The number of rotatable bonds is 3. The van der Waals surface area contributed by atoms with Gasteiger partial charge in [-0.15, -0.1) is 0 Å². The van der Waals surface area contributed by atoms with E-state index in [1.807, 2.05) is 0 Å². The van der Waals surface area contributed by atoms with Gasteiger partial charge in [-0.2, -0.15) is 0 Å². The van der Waals surface area contributed by atoms with Crippen molar-refractivity contribution < 1.29 is 9.31 Å². The fourth-order valence-corrected chi connectivity index (χ4v) is 1.77. The maximum Gasteiger partial charge on any atom is 0.295 e. The summed E-state index contributed by atoms with van der Waals surface area (Å²) in [6, 6.07) is 2.49. The van der Waals surface area contributed by atoms with Crippen molar-refractivity contribution in [2.75, 3.05) is 11.9 Å². The molecular weight excluding hydrogens is 235 g/mol. The quantitative estimate of drug-likeness (QED) is 0.607. The lowest BCUT2D eigenvalue weighted by Crippen LogP contribution is -2.20. The molecule has 0 saturated heterocycles. The summed E-state index contributed by atoms with van der Waals surface area (Å²) in [5.41, 5.74) is 0.134. The van der Waals surface area contributed by atoms with Crippen LogP contribution in [0.3, 0.4) is 0 Å². The molecule has 0 amide bonds. The van der Waals surface area contributed by atoms with E-state index in [1.54, 1.807) is 11.9 Å². The summed E-state index contributed by atoms with van der Waals surface area (Å²) in [5, 5.41) is 10.7. The predicted molar refractivity (Wildman–Crippen MR) is 59.5 cm³/mol. The van der Waals surface area contributed by atoms with Crippen molar-refractivity contribution in [3.63, 3.8) is 0 Å². The molecule has 1 aromatic rings. The third kappa shape index (κ3) is 1.95. The molecule has 1 aliphatic rings. The SMILES string of the molecule is CN(c1cc(Cl)c(F)cc1[N+](=O)[O-])C1CC1. The zero-order valence-corrected chi connectivity index (χ0v) is 9.37. The molecule has 2 rings (SSSR count). The number of nitrogens with zero attached hydrogens (tertiary/aromatic N) is 2. The minimum atomic E-state index is -0.763. The van der Waals surface area contributed by atoms with E-state index < -0.39 is 10.7 Å². The lowest BCUT2D eigenvalue weighted by molar-refractivity contribution is -0.384. The second kappa shape index (κ2) is 3.90. The minimum Gasteiger partial charge on any atom is -0.366 e. The van der Waals surface area contributed by atoms with Crippen LogP contribution in [-0.2, 0) is 0 Å². The molecule has 0 bridgehead atoms. The Morgan fingerprint density at radius 2 is 2.19 bits per heavy atom. The molecule has 4 nitrogen and oxygen atoms in total. The highest BCUT2D eigenvalue weighted by Crippen LogP contribution is 2.38. The van der Waals surface area contributed by atoms with Crippen LogP contribution < -0.4 is 4.90 Å². The lowest BCUT2D eigenvalue weighted by Gasteiger charge is -2.18. The van der Waals surface area contributed by atoms with Crippen molar-refractivity contribution in [1.82, 2.24) is 0 Å². The number of nitro groups is 1. The van der Waals surface area contributed by atoms with Crippen LogP contribution in [0.5, 0.6) is 0 Å².